The van der Waals surface area contributed by atoms with Gasteiger partial charge < -0.3 is 14.6 Å². The Bertz CT molecular complexity index is 588. The molecule has 0 saturated carbocycles. The summed E-state index contributed by atoms with van der Waals surface area (Å²) in [5.41, 5.74) is 0.941. The van der Waals surface area contributed by atoms with E-state index in [2.05, 4.69) is 20.5 Å². The lowest BCUT2D eigenvalue weighted by Crippen LogP contribution is -2.28. The molecule has 7 nitrogen and oxygen atoms in total. The Morgan fingerprint density at radius 3 is 2.86 bits per heavy atom. The minimum Gasteiger partial charge on any atom is -0.383 e. The number of thioether (sulfide) groups is 1. The third kappa shape index (κ3) is 4.27. The molecule has 0 spiro atoms. The number of hydrogen-bond donors (Lipinski definition) is 1. The summed E-state index contributed by atoms with van der Waals surface area (Å²) in [5, 5.41) is 11.7. The number of carbonyl (C=O) groups is 1. The van der Waals surface area contributed by atoms with Gasteiger partial charge in [-0.25, -0.2) is 0 Å². The second-order valence-corrected chi connectivity index (χ2v) is 5.18. The first-order chi connectivity index (χ1) is 10.2. The lowest BCUT2D eigenvalue weighted by molar-refractivity contribution is -0.118. The number of amides is 1. The van der Waals surface area contributed by atoms with Crippen molar-refractivity contribution in [3.05, 3.63) is 24.5 Å². The maximum atomic E-state index is 11.6. The van der Waals surface area contributed by atoms with Crippen LogP contribution in [0.3, 0.4) is 0 Å². The Morgan fingerprint density at radius 2 is 2.14 bits per heavy atom. The molecule has 0 aliphatic carbocycles. The predicted molar refractivity (Wildman–Crippen MR) is 79.8 cm³/mol. The van der Waals surface area contributed by atoms with Crippen LogP contribution in [0.15, 0.2) is 29.7 Å². The second-order valence-electron chi connectivity index (χ2n) is 4.23. The number of methoxy groups -OCH3 is 1. The first-order valence-corrected chi connectivity index (χ1v) is 7.39. The van der Waals surface area contributed by atoms with E-state index in [1.54, 1.807) is 19.5 Å². The number of hydrogen-bond acceptors (Lipinski definition) is 6. The molecule has 0 atom stereocenters. The van der Waals surface area contributed by atoms with Gasteiger partial charge in [-0.1, -0.05) is 11.8 Å². The fraction of sp³-hybridized carbons (Fsp3) is 0.385. The van der Waals surface area contributed by atoms with Crippen molar-refractivity contribution in [3.8, 4) is 11.4 Å². The molecular formula is C13H17N5O2S. The van der Waals surface area contributed by atoms with Gasteiger partial charge in [-0.15, -0.1) is 10.2 Å². The molecule has 2 heterocycles. The lowest BCUT2D eigenvalue weighted by atomic mass is 10.2. The van der Waals surface area contributed by atoms with Gasteiger partial charge in [0.15, 0.2) is 11.0 Å². The molecule has 112 valence electrons. The number of pyridine rings is 1. The second kappa shape index (κ2) is 7.75. The van der Waals surface area contributed by atoms with Crippen LogP contribution in [0.1, 0.15) is 0 Å². The number of rotatable bonds is 7. The number of nitrogens with zero attached hydrogens (tertiary/aromatic N) is 4. The van der Waals surface area contributed by atoms with Crippen molar-refractivity contribution in [3.63, 3.8) is 0 Å². The van der Waals surface area contributed by atoms with E-state index in [0.29, 0.717) is 24.1 Å². The molecule has 0 aromatic carbocycles. The summed E-state index contributed by atoms with van der Waals surface area (Å²) in [6, 6.07) is 3.74. The molecule has 2 rings (SSSR count). The average molecular weight is 307 g/mol. The molecule has 2 aromatic rings. The van der Waals surface area contributed by atoms with E-state index in [0.717, 1.165) is 11.4 Å². The Morgan fingerprint density at radius 1 is 1.38 bits per heavy atom. The molecule has 0 saturated heterocycles. The van der Waals surface area contributed by atoms with Gasteiger partial charge in [0.05, 0.1) is 12.4 Å². The lowest BCUT2D eigenvalue weighted by Gasteiger charge is -2.05. The molecule has 0 aliphatic heterocycles. The zero-order valence-corrected chi connectivity index (χ0v) is 12.8. The highest BCUT2D eigenvalue weighted by Crippen LogP contribution is 2.21. The molecule has 1 amide bonds. The normalized spacial score (nSPS) is 10.6. The molecule has 0 radical (unpaired) electrons. The molecule has 0 bridgehead atoms. The zero-order valence-electron chi connectivity index (χ0n) is 11.9. The average Bonchev–Trinajstić information content (AvgIpc) is 2.87. The quantitative estimate of drug-likeness (QED) is 0.600. The van der Waals surface area contributed by atoms with E-state index in [4.69, 9.17) is 4.74 Å². The summed E-state index contributed by atoms with van der Waals surface area (Å²) >= 11 is 1.35. The van der Waals surface area contributed by atoms with Gasteiger partial charge in [-0.3, -0.25) is 9.78 Å². The molecule has 0 unspecified atom stereocenters. The number of nitrogens with one attached hydrogen (secondary N) is 1. The van der Waals surface area contributed by atoms with Crippen LogP contribution in [0.2, 0.25) is 0 Å². The Kier molecular flexibility index (Phi) is 5.70. The van der Waals surface area contributed by atoms with E-state index >= 15 is 0 Å². The van der Waals surface area contributed by atoms with Crippen LogP contribution in [-0.2, 0) is 16.6 Å². The molecule has 8 heteroatoms. The summed E-state index contributed by atoms with van der Waals surface area (Å²) in [6.45, 7) is 1.02. The number of aromatic nitrogens is 4. The minimum atomic E-state index is -0.0505. The van der Waals surface area contributed by atoms with Crippen LogP contribution in [0, 0.1) is 0 Å². The monoisotopic (exact) mass is 307 g/mol. The van der Waals surface area contributed by atoms with Crippen LogP contribution in [0.5, 0.6) is 0 Å². The van der Waals surface area contributed by atoms with Crippen molar-refractivity contribution in [2.24, 2.45) is 7.05 Å². The van der Waals surface area contributed by atoms with Crippen molar-refractivity contribution in [1.29, 1.82) is 0 Å². The summed E-state index contributed by atoms with van der Waals surface area (Å²) in [6.07, 6.45) is 3.42. The first-order valence-electron chi connectivity index (χ1n) is 6.40. The van der Waals surface area contributed by atoms with Gasteiger partial charge >= 0.3 is 0 Å². The highest BCUT2D eigenvalue weighted by molar-refractivity contribution is 7.99. The first kappa shape index (κ1) is 15.5. The summed E-state index contributed by atoms with van der Waals surface area (Å²) in [7, 11) is 3.47. The van der Waals surface area contributed by atoms with Crippen LogP contribution >= 0.6 is 11.8 Å². The minimum absolute atomic E-state index is 0.0505. The van der Waals surface area contributed by atoms with Crippen molar-refractivity contribution in [2.45, 2.75) is 5.16 Å². The Balaban J connectivity index is 1.93. The van der Waals surface area contributed by atoms with Gasteiger partial charge in [0.1, 0.15) is 0 Å². The SMILES string of the molecule is COCCNC(=O)CSc1nnc(-c2ccncc2)n1C. The van der Waals surface area contributed by atoms with E-state index in [-0.39, 0.29) is 5.91 Å². The topological polar surface area (TPSA) is 81.9 Å². The summed E-state index contributed by atoms with van der Waals surface area (Å²) < 4.78 is 6.74. The van der Waals surface area contributed by atoms with Crippen molar-refractivity contribution in [2.75, 3.05) is 26.0 Å². The van der Waals surface area contributed by atoms with E-state index in [1.165, 1.54) is 11.8 Å². The number of carbonyl (C=O) groups excluding carboxylic acids is 1. The molecule has 0 fully saturated rings. The van der Waals surface area contributed by atoms with Crippen LogP contribution in [0.4, 0.5) is 0 Å². The number of ether oxygens (including phenoxy) is 1. The van der Waals surface area contributed by atoms with Gasteiger partial charge in [-0.2, -0.15) is 0 Å². The van der Waals surface area contributed by atoms with E-state index < -0.39 is 0 Å². The van der Waals surface area contributed by atoms with Gasteiger partial charge in [0.25, 0.3) is 0 Å². The van der Waals surface area contributed by atoms with Crippen molar-refractivity contribution in [1.82, 2.24) is 25.1 Å². The maximum Gasteiger partial charge on any atom is 0.230 e. The Hall–Kier alpha value is -1.93. The Labute approximate surface area is 127 Å². The van der Waals surface area contributed by atoms with Crippen molar-refractivity contribution >= 4 is 17.7 Å². The third-order valence-electron chi connectivity index (χ3n) is 2.73. The van der Waals surface area contributed by atoms with Crippen LogP contribution in [-0.4, -0.2) is 51.7 Å². The zero-order chi connectivity index (χ0) is 15.1. The third-order valence-corrected chi connectivity index (χ3v) is 3.75. The van der Waals surface area contributed by atoms with E-state index in [1.807, 2.05) is 23.7 Å². The van der Waals surface area contributed by atoms with E-state index in [9.17, 15) is 4.79 Å². The molecule has 1 N–H and O–H groups in total. The van der Waals surface area contributed by atoms with Gasteiger partial charge in [0, 0.05) is 38.7 Å². The molecular weight excluding hydrogens is 290 g/mol. The van der Waals surface area contributed by atoms with Crippen LogP contribution < -0.4 is 5.32 Å². The maximum absolute atomic E-state index is 11.6. The predicted octanol–water partition coefficient (Wildman–Crippen LogP) is 0.732. The summed E-state index contributed by atoms with van der Waals surface area (Å²) in [4.78, 5) is 15.6. The van der Waals surface area contributed by atoms with Crippen molar-refractivity contribution < 1.29 is 9.53 Å². The highest BCUT2D eigenvalue weighted by atomic mass is 32.2. The molecule has 2 aromatic heterocycles. The fourth-order valence-electron chi connectivity index (χ4n) is 1.67. The smallest absolute Gasteiger partial charge is 0.230 e. The highest BCUT2D eigenvalue weighted by Gasteiger charge is 2.12. The standard InChI is InChI=1S/C13H17N5O2S/c1-18-12(10-3-5-14-6-4-10)16-17-13(18)21-9-11(19)15-7-8-20-2/h3-6H,7-9H2,1-2H3,(H,15,19). The molecule has 0 aliphatic rings. The largest absolute Gasteiger partial charge is 0.383 e. The van der Waals surface area contributed by atoms with Crippen LogP contribution in [0.25, 0.3) is 11.4 Å². The summed E-state index contributed by atoms with van der Waals surface area (Å²) in [5.74, 6) is 0.997. The van der Waals surface area contributed by atoms with Gasteiger partial charge in [-0.05, 0) is 12.1 Å². The van der Waals surface area contributed by atoms with Gasteiger partial charge in [0.2, 0.25) is 5.91 Å². The fourth-order valence-corrected chi connectivity index (χ4v) is 2.41. The molecule has 21 heavy (non-hydrogen) atoms.